The molecule has 1 heterocycles. The predicted octanol–water partition coefficient (Wildman–Crippen LogP) is 2.25. The maximum Gasteiger partial charge on any atom is 0.138 e. The summed E-state index contributed by atoms with van der Waals surface area (Å²) in [5.74, 6) is 1.79. The van der Waals surface area contributed by atoms with Gasteiger partial charge >= 0.3 is 0 Å². The molecule has 4 nitrogen and oxygen atoms in total. The minimum atomic E-state index is 0.554. The number of hydrogen-bond acceptors (Lipinski definition) is 3. The lowest BCUT2D eigenvalue weighted by molar-refractivity contribution is 0.403. The average Bonchev–Trinajstić information content (AvgIpc) is 2.73. The third-order valence-corrected chi connectivity index (χ3v) is 2.98. The highest BCUT2D eigenvalue weighted by Crippen LogP contribution is 2.12. The second-order valence-electron chi connectivity index (χ2n) is 4.91. The van der Waals surface area contributed by atoms with E-state index in [4.69, 9.17) is 0 Å². The molecule has 0 radical (unpaired) electrons. The summed E-state index contributed by atoms with van der Waals surface area (Å²) in [6.07, 6.45) is 5.17. The van der Waals surface area contributed by atoms with Crippen LogP contribution >= 0.6 is 0 Å². The maximum absolute atomic E-state index is 4.36. The van der Waals surface area contributed by atoms with Crippen LogP contribution in [0.25, 0.3) is 0 Å². The first-order chi connectivity index (χ1) is 8.17. The molecule has 0 spiro atoms. The van der Waals surface area contributed by atoms with Gasteiger partial charge in [-0.3, -0.25) is 4.68 Å². The van der Waals surface area contributed by atoms with Crippen LogP contribution in [0.5, 0.6) is 0 Å². The van der Waals surface area contributed by atoms with Crippen LogP contribution in [0.4, 0.5) is 0 Å². The average molecular weight is 238 g/mol. The Morgan fingerprint density at radius 3 is 2.71 bits per heavy atom. The Morgan fingerprint density at radius 1 is 1.35 bits per heavy atom. The first kappa shape index (κ1) is 14.2. The van der Waals surface area contributed by atoms with Crippen molar-refractivity contribution in [2.45, 2.75) is 59.5 Å². The Hall–Kier alpha value is -0.900. The molecule has 0 saturated heterocycles. The molecule has 1 aromatic heterocycles. The van der Waals surface area contributed by atoms with Crippen molar-refractivity contribution in [2.75, 3.05) is 6.54 Å². The molecule has 1 unspecified atom stereocenters. The van der Waals surface area contributed by atoms with Gasteiger partial charge in [-0.25, -0.2) is 4.98 Å². The van der Waals surface area contributed by atoms with Gasteiger partial charge in [-0.15, -0.1) is 0 Å². The summed E-state index contributed by atoms with van der Waals surface area (Å²) in [6.45, 7) is 10.7. The second kappa shape index (κ2) is 7.43. The quantitative estimate of drug-likeness (QED) is 0.755. The van der Waals surface area contributed by atoms with Crippen LogP contribution in [0.2, 0.25) is 0 Å². The molecular weight excluding hydrogens is 212 g/mol. The van der Waals surface area contributed by atoms with Crippen molar-refractivity contribution >= 4 is 0 Å². The van der Waals surface area contributed by atoms with Crippen molar-refractivity contribution < 1.29 is 0 Å². The molecule has 17 heavy (non-hydrogen) atoms. The third kappa shape index (κ3) is 4.86. The molecule has 0 aliphatic heterocycles. The largest absolute Gasteiger partial charge is 0.314 e. The van der Waals surface area contributed by atoms with Crippen molar-refractivity contribution in [3.8, 4) is 0 Å². The van der Waals surface area contributed by atoms with E-state index in [0.717, 1.165) is 25.3 Å². The van der Waals surface area contributed by atoms with Crippen molar-refractivity contribution in [3.05, 3.63) is 12.2 Å². The van der Waals surface area contributed by atoms with Gasteiger partial charge in [0.05, 0.1) is 0 Å². The van der Waals surface area contributed by atoms with E-state index >= 15 is 0 Å². The highest BCUT2D eigenvalue weighted by Gasteiger charge is 2.13. The molecule has 4 heteroatoms. The first-order valence-corrected chi connectivity index (χ1v) is 6.77. The maximum atomic E-state index is 4.36. The van der Waals surface area contributed by atoms with Gasteiger partial charge in [0.1, 0.15) is 12.2 Å². The lowest BCUT2D eigenvalue weighted by atomic mass is 9.99. The Labute approximate surface area is 105 Å². The fourth-order valence-electron chi connectivity index (χ4n) is 2.06. The summed E-state index contributed by atoms with van der Waals surface area (Å²) in [4.78, 5) is 4.36. The number of nitrogens with one attached hydrogen (secondary N) is 1. The molecule has 1 aromatic rings. The summed E-state index contributed by atoms with van der Waals surface area (Å²) < 4.78 is 2.00. The number of hydrogen-bond donors (Lipinski definition) is 1. The number of aryl methyl sites for hydroxylation is 1. The van der Waals surface area contributed by atoms with E-state index in [0.29, 0.717) is 12.0 Å². The molecule has 0 fully saturated rings. The zero-order valence-corrected chi connectivity index (χ0v) is 11.6. The molecule has 0 aromatic carbocycles. The van der Waals surface area contributed by atoms with Crippen molar-refractivity contribution in [1.29, 1.82) is 0 Å². The summed E-state index contributed by atoms with van der Waals surface area (Å²) >= 11 is 0. The molecule has 0 amide bonds. The Bertz CT molecular complexity index is 306. The third-order valence-electron chi connectivity index (χ3n) is 2.98. The van der Waals surface area contributed by atoms with Gasteiger partial charge in [-0.2, -0.15) is 5.10 Å². The lowest BCUT2D eigenvalue weighted by Crippen LogP contribution is -2.30. The molecule has 98 valence electrons. The highest BCUT2D eigenvalue weighted by atomic mass is 15.3. The first-order valence-electron chi connectivity index (χ1n) is 6.77. The van der Waals surface area contributed by atoms with Gasteiger partial charge in [0.15, 0.2) is 0 Å². The zero-order valence-electron chi connectivity index (χ0n) is 11.6. The second-order valence-corrected chi connectivity index (χ2v) is 4.91. The standard InChI is InChI=1S/C13H26N4/c1-5-7-12(9-14-11(3)4)8-13-15-10-16-17(13)6-2/h10-12,14H,5-9H2,1-4H3. The minimum Gasteiger partial charge on any atom is -0.314 e. The minimum absolute atomic E-state index is 0.554. The zero-order chi connectivity index (χ0) is 12.7. The van der Waals surface area contributed by atoms with Crippen molar-refractivity contribution in [3.63, 3.8) is 0 Å². The normalized spacial score (nSPS) is 13.2. The van der Waals surface area contributed by atoms with Crippen LogP contribution in [-0.2, 0) is 13.0 Å². The van der Waals surface area contributed by atoms with E-state index < -0.39 is 0 Å². The summed E-state index contributed by atoms with van der Waals surface area (Å²) in [6, 6.07) is 0.554. The van der Waals surface area contributed by atoms with Crippen molar-refractivity contribution in [2.24, 2.45) is 5.92 Å². The molecule has 1 atom stereocenters. The molecule has 0 bridgehead atoms. The lowest BCUT2D eigenvalue weighted by Gasteiger charge is -2.18. The Morgan fingerprint density at radius 2 is 2.12 bits per heavy atom. The predicted molar refractivity (Wildman–Crippen MR) is 70.9 cm³/mol. The smallest absolute Gasteiger partial charge is 0.138 e. The van der Waals surface area contributed by atoms with E-state index in [1.165, 1.54) is 12.8 Å². The monoisotopic (exact) mass is 238 g/mol. The number of nitrogens with zero attached hydrogens (tertiary/aromatic N) is 3. The molecule has 1 rings (SSSR count). The summed E-state index contributed by atoms with van der Waals surface area (Å²) in [5.41, 5.74) is 0. The number of rotatable bonds is 8. The van der Waals surface area contributed by atoms with Crippen LogP contribution in [-0.4, -0.2) is 27.4 Å². The van der Waals surface area contributed by atoms with Gasteiger partial charge in [-0.05, 0) is 25.8 Å². The van der Waals surface area contributed by atoms with Crippen LogP contribution < -0.4 is 5.32 Å². The van der Waals surface area contributed by atoms with Gasteiger partial charge in [-0.1, -0.05) is 27.2 Å². The fourth-order valence-corrected chi connectivity index (χ4v) is 2.06. The van der Waals surface area contributed by atoms with E-state index in [1.54, 1.807) is 6.33 Å². The Kier molecular flexibility index (Phi) is 6.19. The van der Waals surface area contributed by atoms with Gasteiger partial charge < -0.3 is 5.32 Å². The SMILES string of the molecule is CCCC(CNC(C)C)Cc1ncnn1CC. The van der Waals surface area contributed by atoms with Crippen LogP contribution in [0.1, 0.15) is 46.4 Å². The highest BCUT2D eigenvalue weighted by molar-refractivity contribution is 4.88. The number of aromatic nitrogens is 3. The van der Waals surface area contributed by atoms with E-state index in [9.17, 15) is 0 Å². The van der Waals surface area contributed by atoms with Crippen molar-refractivity contribution in [1.82, 2.24) is 20.1 Å². The molecule has 0 aliphatic carbocycles. The summed E-state index contributed by atoms with van der Waals surface area (Å²) in [5, 5.41) is 7.75. The van der Waals surface area contributed by atoms with Gasteiger partial charge in [0, 0.05) is 19.0 Å². The topological polar surface area (TPSA) is 42.7 Å². The van der Waals surface area contributed by atoms with Gasteiger partial charge in [0.25, 0.3) is 0 Å². The fraction of sp³-hybridized carbons (Fsp3) is 0.846. The molecule has 0 aliphatic rings. The van der Waals surface area contributed by atoms with E-state index in [1.807, 2.05) is 4.68 Å². The molecular formula is C13H26N4. The Balaban J connectivity index is 2.53. The summed E-state index contributed by atoms with van der Waals surface area (Å²) in [7, 11) is 0. The van der Waals surface area contributed by atoms with Gasteiger partial charge in [0.2, 0.25) is 0 Å². The van der Waals surface area contributed by atoms with Crippen LogP contribution in [0.3, 0.4) is 0 Å². The van der Waals surface area contributed by atoms with Crippen LogP contribution in [0.15, 0.2) is 6.33 Å². The molecule has 0 saturated carbocycles. The van der Waals surface area contributed by atoms with E-state index in [2.05, 4.69) is 43.1 Å². The van der Waals surface area contributed by atoms with Crippen LogP contribution in [0, 0.1) is 5.92 Å². The van der Waals surface area contributed by atoms with E-state index in [-0.39, 0.29) is 0 Å². The molecule has 1 N–H and O–H groups in total.